The predicted molar refractivity (Wildman–Crippen MR) is 47.1 cm³/mol. The Bertz CT molecular complexity index is 289. The van der Waals surface area contributed by atoms with Crippen LogP contribution < -0.4 is 15.5 Å². The van der Waals surface area contributed by atoms with E-state index in [1.54, 1.807) is 0 Å². The molecule has 0 aliphatic carbocycles. The number of carbonyl (C=O) groups is 3. The molecule has 0 fully saturated rings. The van der Waals surface area contributed by atoms with Crippen LogP contribution in [0.25, 0.3) is 0 Å². The van der Waals surface area contributed by atoms with Crippen LogP contribution in [0.3, 0.4) is 0 Å². The molecule has 0 unspecified atom stereocenters. The monoisotopic (exact) mass is 239 g/mol. The maximum absolute atomic E-state index is 10.9. The van der Waals surface area contributed by atoms with E-state index in [-0.39, 0.29) is 43.3 Å². The van der Waals surface area contributed by atoms with Gasteiger partial charge in [0, 0.05) is 18.0 Å². The summed E-state index contributed by atoms with van der Waals surface area (Å²) in [6.07, 6.45) is -0.832. The summed E-state index contributed by atoms with van der Waals surface area (Å²) in [5, 5.41) is 22.4. The molecule has 78 valence electrons. The van der Waals surface area contributed by atoms with E-state index in [4.69, 9.17) is 0 Å². The Morgan fingerprint density at radius 1 is 1.33 bits per heavy atom. The van der Waals surface area contributed by atoms with E-state index < -0.39 is 30.3 Å². The van der Waals surface area contributed by atoms with Crippen molar-refractivity contribution in [1.82, 2.24) is 5.32 Å². The molecule has 0 aliphatic rings. The Hall–Kier alpha value is -0.590. The Labute approximate surface area is 116 Å². The maximum Gasteiger partial charge on any atom is 2.00 e. The minimum Gasteiger partial charge on any atom is -0.550 e. The van der Waals surface area contributed by atoms with Crippen LogP contribution in [0.2, 0.25) is 0 Å². The van der Waals surface area contributed by atoms with E-state index in [1.807, 2.05) is 5.32 Å². The SMILES string of the molecule is C=C(C)C(=O)N[C@@H](CC(=O)[O-])C(=O)[O-].[Ca+2]. The predicted octanol–water partition coefficient (Wildman–Crippen LogP) is -3.44. The molecule has 0 rings (SSSR count). The molecular formula is C8H9CaNO5. The van der Waals surface area contributed by atoms with Gasteiger partial charge in [0.2, 0.25) is 5.91 Å². The zero-order valence-corrected chi connectivity index (χ0v) is 10.4. The molecule has 7 heteroatoms. The van der Waals surface area contributed by atoms with Crippen molar-refractivity contribution in [2.45, 2.75) is 19.4 Å². The largest absolute Gasteiger partial charge is 2.00 e. The molecule has 0 aliphatic heterocycles. The van der Waals surface area contributed by atoms with Gasteiger partial charge in [0.25, 0.3) is 0 Å². The molecule has 0 aromatic heterocycles. The fraction of sp³-hybridized carbons (Fsp3) is 0.375. The summed E-state index contributed by atoms with van der Waals surface area (Å²) in [4.78, 5) is 31.4. The third kappa shape index (κ3) is 7.35. The summed E-state index contributed by atoms with van der Waals surface area (Å²) in [7, 11) is 0. The first kappa shape index (κ1) is 16.8. The van der Waals surface area contributed by atoms with Gasteiger partial charge in [0.1, 0.15) is 0 Å². The van der Waals surface area contributed by atoms with Crippen LogP contribution in [-0.2, 0) is 14.4 Å². The van der Waals surface area contributed by atoms with Crippen molar-refractivity contribution < 1.29 is 24.6 Å². The molecule has 0 bridgehead atoms. The van der Waals surface area contributed by atoms with Crippen molar-refractivity contribution in [3.8, 4) is 0 Å². The summed E-state index contributed by atoms with van der Waals surface area (Å²) in [6, 6.07) is -1.59. The van der Waals surface area contributed by atoms with Crippen molar-refractivity contribution in [2.75, 3.05) is 0 Å². The van der Waals surface area contributed by atoms with Crippen LogP contribution in [0.5, 0.6) is 0 Å². The van der Waals surface area contributed by atoms with E-state index in [1.165, 1.54) is 6.92 Å². The van der Waals surface area contributed by atoms with E-state index in [0.29, 0.717) is 0 Å². The van der Waals surface area contributed by atoms with E-state index >= 15 is 0 Å². The topological polar surface area (TPSA) is 109 Å². The molecular weight excluding hydrogens is 230 g/mol. The van der Waals surface area contributed by atoms with Crippen molar-refractivity contribution in [3.63, 3.8) is 0 Å². The second-order valence-corrected chi connectivity index (χ2v) is 2.70. The van der Waals surface area contributed by atoms with Crippen molar-refractivity contribution >= 4 is 55.6 Å². The summed E-state index contributed by atoms with van der Waals surface area (Å²) in [6.45, 7) is 4.62. The summed E-state index contributed by atoms with van der Waals surface area (Å²) in [5.41, 5.74) is 0.0783. The molecule has 0 saturated heterocycles. The number of carbonyl (C=O) groups excluding carboxylic acids is 3. The van der Waals surface area contributed by atoms with Gasteiger partial charge in [-0.05, 0) is 6.92 Å². The second-order valence-electron chi connectivity index (χ2n) is 2.70. The van der Waals surface area contributed by atoms with Crippen LogP contribution in [0.4, 0.5) is 0 Å². The Balaban J connectivity index is 0. The number of aliphatic carboxylic acids is 2. The first-order valence-corrected chi connectivity index (χ1v) is 3.71. The second kappa shape index (κ2) is 7.67. The minimum atomic E-state index is -1.68. The van der Waals surface area contributed by atoms with Crippen molar-refractivity contribution in [3.05, 3.63) is 12.2 Å². The van der Waals surface area contributed by atoms with Gasteiger partial charge in [-0.2, -0.15) is 0 Å². The molecule has 0 heterocycles. The third-order valence-electron chi connectivity index (χ3n) is 1.35. The Kier molecular flexibility index (Phi) is 8.60. The number of rotatable bonds is 5. The fourth-order valence-electron chi connectivity index (χ4n) is 0.641. The molecule has 6 nitrogen and oxygen atoms in total. The smallest absolute Gasteiger partial charge is 0.550 e. The minimum absolute atomic E-state index is 0. The molecule has 0 saturated carbocycles. The van der Waals surface area contributed by atoms with Gasteiger partial charge in [-0.15, -0.1) is 0 Å². The fourth-order valence-corrected chi connectivity index (χ4v) is 0.641. The number of hydrogen-bond acceptors (Lipinski definition) is 5. The van der Waals surface area contributed by atoms with Gasteiger partial charge in [0.15, 0.2) is 0 Å². The number of nitrogens with one attached hydrogen (secondary N) is 1. The van der Waals surface area contributed by atoms with Crippen molar-refractivity contribution in [1.29, 1.82) is 0 Å². The summed E-state index contributed by atoms with van der Waals surface area (Å²) in [5.74, 6) is -3.99. The van der Waals surface area contributed by atoms with Crippen molar-refractivity contribution in [2.24, 2.45) is 0 Å². The molecule has 1 N–H and O–H groups in total. The first-order chi connectivity index (χ1) is 6.34. The molecule has 0 spiro atoms. The van der Waals surface area contributed by atoms with Crippen LogP contribution >= 0.6 is 0 Å². The molecule has 1 atom stereocenters. The van der Waals surface area contributed by atoms with Gasteiger partial charge < -0.3 is 25.1 Å². The van der Waals surface area contributed by atoms with Crippen LogP contribution in [0.15, 0.2) is 12.2 Å². The molecule has 0 radical (unpaired) electrons. The summed E-state index contributed by atoms with van der Waals surface area (Å²) >= 11 is 0. The average Bonchev–Trinajstić information content (AvgIpc) is 2.01. The number of carboxylic acid groups (broad SMARTS) is 2. The zero-order chi connectivity index (χ0) is 11.3. The standard InChI is InChI=1S/C8H11NO5.Ca/c1-4(2)7(12)9-5(8(13)14)3-6(10)11;/h5H,1,3H2,2H3,(H,9,12)(H,10,11)(H,13,14);/q;+2/p-2/t5-;/m0./s1. The van der Waals surface area contributed by atoms with E-state index in [2.05, 4.69) is 6.58 Å². The van der Waals surface area contributed by atoms with Gasteiger partial charge in [-0.25, -0.2) is 0 Å². The van der Waals surface area contributed by atoms with E-state index in [9.17, 15) is 24.6 Å². The van der Waals surface area contributed by atoms with Gasteiger partial charge in [0.05, 0.1) is 12.0 Å². The normalized spacial score (nSPS) is 10.7. The first-order valence-electron chi connectivity index (χ1n) is 3.71. The molecule has 0 aromatic rings. The number of amides is 1. The van der Waals surface area contributed by atoms with Crippen LogP contribution in [-0.4, -0.2) is 61.6 Å². The third-order valence-corrected chi connectivity index (χ3v) is 1.35. The molecule has 0 aromatic carbocycles. The van der Waals surface area contributed by atoms with Crippen LogP contribution in [0.1, 0.15) is 13.3 Å². The van der Waals surface area contributed by atoms with E-state index in [0.717, 1.165) is 0 Å². The average molecular weight is 239 g/mol. The molecule has 1 amide bonds. The van der Waals surface area contributed by atoms with Gasteiger partial charge >= 0.3 is 37.7 Å². The van der Waals surface area contributed by atoms with Gasteiger partial charge in [-0.1, -0.05) is 6.58 Å². The quantitative estimate of drug-likeness (QED) is 0.396. The number of carboxylic acids is 2. The zero-order valence-electron chi connectivity index (χ0n) is 8.24. The summed E-state index contributed by atoms with van der Waals surface area (Å²) < 4.78 is 0. The Morgan fingerprint density at radius 3 is 2.07 bits per heavy atom. The van der Waals surface area contributed by atoms with Crippen LogP contribution in [0, 0.1) is 0 Å². The Morgan fingerprint density at radius 2 is 1.80 bits per heavy atom. The maximum atomic E-state index is 10.9. The van der Waals surface area contributed by atoms with Gasteiger partial charge in [-0.3, -0.25) is 4.79 Å². The number of hydrogen-bond donors (Lipinski definition) is 1. The molecule has 15 heavy (non-hydrogen) atoms.